The Morgan fingerprint density at radius 1 is 0.900 bits per heavy atom. The minimum absolute atomic E-state index is 0.0367. The van der Waals surface area contributed by atoms with Crippen LogP contribution >= 0.6 is 0 Å². The Kier molecular flexibility index (Phi) is 9.92. The zero-order valence-corrected chi connectivity index (χ0v) is 16.0. The van der Waals surface area contributed by atoms with E-state index in [1.54, 1.807) is 30.3 Å². The van der Waals surface area contributed by atoms with Crippen molar-refractivity contribution in [2.45, 2.75) is 31.0 Å². The van der Waals surface area contributed by atoms with Crippen LogP contribution < -0.4 is 27.4 Å². The molecule has 12 heteroatoms. The number of aliphatic hydroxyl groups excluding tert-OH is 1. The molecule has 0 radical (unpaired) electrons. The van der Waals surface area contributed by atoms with Crippen molar-refractivity contribution in [2.24, 2.45) is 11.5 Å². The highest BCUT2D eigenvalue weighted by Crippen LogP contribution is 2.05. The zero-order valence-electron chi connectivity index (χ0n) is 16.0. The summed E-state index contributed by atoms with van der Waals surface area (Å²) in [6.45, 7) is -1.23. The summed E-state index contributed by atoms with van der Waals surface area (Å²) in [6, 6.07) is 4.23. The average Bonchev–Trinajstić information content (AvgIpc) is 2.70. The Morgan fingerprint density at radius 2 is 1.47 bits per heavy atom. The first-order valence-electron chi connectivity index (χ1n) is 8.94. The van der Waals surface area contributed by atoms with E-state index in [0.29, 0.717) is 5.56 Å². The van der Waals surface area contributed by atoms with E-state index in [1.807, 2.05) is 0 Å². The molecule has 30 heavy (non-hydrogen) atoms. The van der Waals surface area contributed by atoms with Crippen LogP contribution in [-0.2, 0) is 30.4 Å². The van der Waals surface area contributed by atoms with Crippen LogP contribution in [0.25, 0.3) is 0 Å². The van der Waals surface area contributed by atoms with E-state index in [2.05, 4.69) is 16.0 Å². The Balaban J connectivity index is 2.90. The molecule has 0 aliphatic carbocycles. The fourth-order valence-electron chi connectivity index (χ4n) is 2.45. The van der Waals surface area contributed by atoms with Crippen LogP contribution in [0.5, 0.6) is 0 Å². The van der Waals surface area contributed by atoms with E-state index < -0.39 is 67.3 Å². The maximum atomic E-state index is 12.5. The number of carbonyl (C=O) groups is 5. The molecule has 12 nitrogen and oxygen atoms in total. The molecule has 4 amide bonds. The molecule has 1 rings (SSSR count). The number of carboxylic acids is 1. The number of hydrogen-bond acceptors (Lipinski definition) is 7. The first kappa shape index (κ1) is 24.5. The number of hydrogen-bond donors (Lipinski definition) is 7. The van der Waals surface area contributed by atoms with Gasteiger partial charge in [-0.3, -0.25) is 19.2 Å². The van der Waals surface area contributed by atoms with Gasteiger partial charge >= 0.3 is 5.97 Å². The fraction of sp³-hybridized carbons (Fsp3) is 0.389. The highest BCUT2D eigenvalue weighted by atomic mass is 16.4. The van der Waals surface area contributed by atoms with Crippen LogP contribution in [0.1, 0.15) is 12.0 Å². The Hall–Kier alpha value is -3.51. The molecule has 1 aromatic carbocycles. The predicted molar refractivity (Wildman–Crippen MR) is 104 cm³/mol. The van der Waals surface area contributed by atoms with Gasteiger partial charge in [-0.05, 0) is 5.56 Å². The van der Waals surface area contributed by atoms with Crippen molar-refractivity contribution in [3.05, 3.63) is 35.9 Å². The molecular weight excluding hydrogens is 398 g/mol. The minimum atomic E-state index is -1.52. The van der Waals surface area contributed by atoms with Crippen molar-refractivity contribution < 1.29 is 34.2 Å². The Bertz CT molecular complexity index is 771. The topological polar surface area (TPSA) is 214 Å². The highest BCUT2D eigenvalue weighted by molar-refractivity contribution is 5.95. The number of nitrogens with two attached hydrogens (primary N) is 2. The van der Waals surface area contributed by atoms with Gasteiger partial charge in [-0.1, -0.05) is 30.3 Å². The van der Waals surface area contributed by atoms with E-state index in [1.165, 1.54) is 0 Å². The lowest BCUT2D eigenvalue weighted by Gasteiger charge is -2.23. The molecule has 0 fully saturated rings. The standard InChI is InChI=1S/C18H25N5O7/c19-8-15(26)21-13(9-24)17(28)22-11(7-14(20)25)16(27)23-12(18(29)30)6-10-4-2-1-3-5-10/h1-5,11-13,24H,6-9,19H2,(H2,20,25)(H,21,26)(H,22,28)(H,23,27)(H,29,30)/t11-,12-,13-/m0/s1. The molecule has 3 atom stereocenters. The summed E-state index contributed by atoms with van der Waals surface area (Å²) in [5, 5.41) is 25.2. The third kappa shape index (κ3) is 8.24. The van der Waals surface area contributed by atoms with Crippen LogP contribution in [0.15, 0.2) is 30.3 Å². The summed E-state index contributed by atoms with van der Waals surface area (Å²) >= 11 is 0. The minimum Gasteiger partial charge on any atom is -0.480 e. The Morgan fingerprint density at radius 3 is 1.97 bits per heavy atom. The maximum Gasteiger partial charge on any atom is 0.326 e. The molecule has 0 aliphatic heterocycles. The molecule has 1 aromatic rings. The highest BCUT2D eigenvalue weighted by Gasteiger charge is 2.30. The van der Waals surface area contributed by atoms with Crippen LogP contribution in [-0.4, -0.2) is 71.1 Å². The molecule has 9 N–H and O–H groups in total. The van der Waals surface area contributed by atoms with Gasteiger partial charge in [0.15, 0.2) is 0 Å². The van der Waals surface area contributed by atoms with Gasteiger partial charge in [0.2, 0.25) is 23.6 Å². The number of amides is 4. The number of rotatable bonds is 12. The largest absolute Gasteiger partial charge is 0.480 e. The maximum absolute atomic E-state index is 12.5. The quantitative estimate of drug-likeness (QED) is 0.179. The molecule has 0 spiro atoms. The van der Waals surface area contributed by atoms with E-state index in [-0.39, 0.29) is 6.42 Å². The van der Waals surface area contributed by atoms with Gasteiger partial charge in [0.05, 0.1) is 19.6 Å². The van der Waals surface area contributed by atoms with Gasteiger partial charge < -0.3 is 37.6 Å². The summed E-state index contributed by atoms with van der Waals surface area (Å²) in [4.78, 5) is 59.0. The summed E-state index contributed by atoms with van der Waals surface area (Å²) in [7, 11) is 0. The number of carbonyl (C=O) groups excluding carboxylic acids is 4. The van der Waals surface area contributed by atoms with Gasteiger partial charge in [0.1, 0.15) is 18.1 Å². The molecule has 0 heterocycles. The predicted octanol–water partition coefficient (Wildman–Crippen LogP) is -3.41. The molecule has 0 saturated heterocycles. The van der Waals surface area contributed by atoms with Crippen molar-refractivity contribution in [3.63, 3.8) is 0 Å². The SMILES string of the molecule is NCC(=O)N[C@@H](CO)C(=O)N[C@@H](CC(N)=O)C(=O)N[C@@H](Cc1ccccc1)C(=O)O. The molecule has 0 aromatic heterocycles. The van der Waals surface area contributed by atoms with Crippen molar-refractivity contribution in [3.8, 4) is 0 Å². The molecule has 0 bridgehead atoms. The van der Waals surface area contributed by atoms with E-state index in [0.717, 1.165) is 0 Å². The number of aliphatic carboxylic acids is 1. The lowest BCUT2D eigenvalue weighted by atomic mass is 10.0. The lowest BCUT2D eigenvalue weighted by Crippen LogP contribution is -2.58. The smallest absolute Gasteiger partial charge is 0.326 e. The molecule has 164 valence electrons. The van der Waals surface area contributed by atoms with Gasteiger partial charge in [-0.15, -0.1) is 0 Å². The summed E-state index contributed by atoms with van der Waals surface area (Å²) in [5.41, 5.74) is 10.9. The summed E-state index contributed by atoms with van der Waals surface area (Å²) in [6.07, 6.45) is -0.663. The third-order valence-corrected chi connectivity index (χ3v) is 3.96. The summed E-state index contributed by atoms with van der Waals surface area (Å²) < 4.78 is 0. The average molecular weight is 423 g/mol. The van der Waals surface area contributed by atoms with Crippen molar-refractivity contribution in [1.29, 1.82) is 0 Å². The number of nitrogens with one attached hydrogen (secondary N) is 3. The molecular formula is C18H25N5O7. The lowest BCUT2D eigenvalue weighted by molar-refractivity contribution is -0.142. The first-order valence-corrected chi connectivity index (χ1v) is 8.94. The van der Waals surface area contributed by atoms with E-state index >= 15 is 0 Å². The van der Waals surface area contributed by atoms with Gasteiger partial charge in [0, 0.05) is 6.42 Å². The second kappa shape index (κ2) is 12.1. The summed E-state index contributed by atoms with van der Waals surface area (Å²) in [5.74, 6) is -4.92. The number of benzene rings is 1. The monoisotopic (exact) mass is 423 g/mol. The second-order valence-corrected chi connectivity index (χ2v) is 6.33. The number of aliphatic hydroxyl groups is 1. The van der Waals surface area contributed by atoms with Crippen molar-refractivity contribution in [1.82, 2.24) is 16.0 Å². The molecule has 0 aliphatic rings. The zero-order chi connectivity index (χ0) is 22.7. The Labute approximate surface area is 172 Å². The van der Waals surface area contributed by atoms with Crippen LogP contribution in [0, 0.1) is 0 Å². The van der Waals surface area contributed by atoms with E-state index in [4.69, 9.17) is 11.5 Å². The van der Waals surface area contributed by atoms with Crippen LogP contribution in [0.2, 0.25) is 0 Å². The molecule has 0 unspecified atom stereocenters. The van der Waals surface area contributed by atoms with Crippen LogP contribution in [0.3, 0.4) is 0 Å². The van der Waals surface area contributed by atoms with Gasteiger partial charge in [-0.2, -0.15) is 0 Å². The van der Waals surface area contributed by atoms with Crippen molar-refractivity contribution in [2.75, 3.05) is 13.2 Å². The van der Waals surface area contributed by atoms with Gasteiger partial charge in [0.25, 0.3) is 0 Å². The first-order chi connectivity index (χ1) is 14.2. The fourth-order valence-corrected chi connectivity index (χ4v) is 2.45. The van der Waals surface area contributed by atoms with Crippen LogP contribution in [0.4, 0.5) is 0 Å². The van der Waals surface area contributed by atoms with E-state index in [9.17, 15) is 34.2 Å². The number of carboxylic acid groups (broad SMARTS) is 1. The number of primary amides is 1. The normalized spacial score (nSPS) is 13.4. The molecule has 0 saturated carbocycles. The third-order valence-electron chi connectivity index (χ3n) is 3.96. The second-order valence-electron chi connectivity index (χ2n) is 6.33. The van der Waals surface area contributed by atoms with Crippen molar-refractivity contribution >= 4 is 29.6 Å². The van der Waals surface area contributed by atoms with Gasteiger partial charge in [-0.25, -0.2) is 4.79 Å².